The van der Waals surface area contributed by atoms with E-state index < -0.39 is 0 Å². The van der Waals surface area contributed by atoms with Gasteiger partial charge in [0.25, 0.3) is 0 Å². The molecule has 1 aromatic heterocycles. The summed E-state index contributed by atoms with van der Waals surface area (Å²) in [6, 6.07) is 14.5. The van der Waals surface area contributed by atoms with E-state index in [0.29, 0.717) is 17.7 Å². The van der Waals surface area contributed by atoms with E-state index in [9.17, 15) is 0 Å². The summed E-state index contributed by atoms with van der Waals surface area (Å²) < 4.78 is 0. The number of aryl methyl sites for hydroxylation is 2. The fourth-order valence-corrected chi connectivity index (χ4v) is 2.59. The van der Waals surface area contributed by atoms with E-state index in [1.165, 1.54) is 11.1 Å². The van der Waals surface area contributed by atoms with Crippen molar-refractivity contribution in [2.24, 2.45) is 0 Å². The number of hydrogen-bond donors (Lipinski definition) is 2. The lowest BCUT2D eigenvalue weighted by Gasteiger charge is -2.11. The summed E-state index contributed by atoms with van der Waals surface area (Å²) in [5.74, 6) is 1.64. The van der Waals surface area contributed by atoms with Crippen LogP contribution >= 0.6 is 0 Å². The number of aromatic nitrogens is 3. The zero-order valence-corrected chi connectivity index (χ0v) is 15.0. The monoisotopic (exact) mass is 333 g/mol. The maximum Gasteiger partial charge on any atom is 0.249 e. The van der Waals surface area contributed by atoms with E-state index in [1.807, 2.05) is 6.07 Å². The molecule has 0 spiro atoms. The number of benzene rings is 2. The first kappa shape index (κ1) is 16.9. The molecule has 0 unspecified atom stereocenters. The fraction of sp³-hybridized carbons (Fsp3) is 0.250. The van der Waals surface area contributed by atoms with Gasteiger partial charge in [-0.3, -0.25) is 0 Å². The van der Waals surface area contributed by atoms with Gasteiger partial charge in [-0.15, -0.1) is 5.10 Å². The Labute approximate surface area is 148 Å². The highest BCUT2D eigenvalue weighted by Gasteiger charge is 2.05. The van der Waals surface area contributed by atoms with Gasteiger partial charge in [0, 0.05) is 11.4 Å². The molecule has 0 bridgehead atoms. The lowest BCUT2D eigenvalue weighted by molar-refractivity contribution is 0.867. The largest absolute Gasteiger partial charge is 0.339 e. The topological polar surface area (TPSA) is 62.7 Å². The second-order valence-corrected chi connectivity index (χ2v) is 6.51. The lowest BCUT2D eigenvalue weighted by atomic mass is 10.0. The quantitative estimate of drug-likeness (QED) is 0.680. The van der Waals surface area contributed by atoms with Crippen LogP contribution in [0.15, 0.2) is 48.7 Å². The first-order chi connectivity index (χ1) is 12.0. The van der Waals surface area contributed by atoms with Gasteiger partial charge in [-0.25, -0.2) is 0 Å². The summed E-state index contributed by atoms with van der Waals surface area (Å²) in [6.45, 7) is 8.49. The van der Waals surface area contributed by atoms with Gasteiger partial charge in [0.1, 0.15) is 0 Å². The predicted octanol–water partition coefficient (Wildman–Crippen LogP) is 5.10. The molecule has 2 N–H and O–H groups in total. The summed E-state index contributed by atoms with van der Waals surface area (Å²) in [7, 11) is 0. The fourth-order valence-electron chi connectivity index (χ4n) is 2.59. The van der Waals surface area contributed by atoms with E-state index in [4.69, 9.17) is 0 Å². The van der Waals surface area contributed by atoms with E-state index in [-0.39, 0.29) is 0 Å². The molecule has 3 aromatic rings. The normalized spacial score (nSPS) is 10.8. The molecule has 0 aliphatic heterocycles. The highest BCUT2D eigenvalue weighted by molar-refractivity contribution is 5.61. The van der Waals surface area contributed by atoms with Crippen molar-refractivity contribution in [3.05, 3.63) is 65.4 Å². The molecule has 128 valence electrons. The third-order valence-corrected chi connectivity index (χ3v) is 4.04. The Balaban J connectivity index is 1.75. The van der Waals surface area contributed by atoms with Crippen molar-refractivity contribution >= 4 is 23.1 Å². The maximum absolute atomic E-state index is 4.49. The van der Waals surface area contributed by atoms with E-state index in [1.54, 1.807) is 6.20 Å². The molecule has 0 amide bonds. The Morgan fingerprint density at radius 1 is 0.920 bits per heavy atom. The molecule has 2 aromatic carbocycles. The van der Waals surface area contributed by atoms with E-state index in [2.05, 4.69) is 89.9 Å². The van der Waals surface area contributed by atoms with E-state index >= 15 is 0 Å². The second kappa shape index (κ2) is 7.30. The minimum Gasteiger partial charge on any atom is -0.339 e. The lowest BCUT2D eigenvalue weighted by Crippen LogP contribution is -2.03. The van der Waals surface area contributed by atoms with Gasteiger partial charge >= 0.3 is 0 Å². The van der Waals surface area contributed by atoms with Crippen molar-refractivity contribution in [1.29, 1.82) is 0 Å². The summed E-state index contributed by atoms with van der Waals surface area (Å²) in [5.41, 5.74) is 5.63. The maximum atomic E-state index is 4.49. The Hall–Kier alpha value is -2.95. The molecule has 25 heavy (non-hydrogen) atoms. The molecule has 1 heterocycles. The number of anilines is 4. The number of rotatable bonds is 5. The standard InChI is InChI=1S/C20H23N5/c1-13(2)16-6-8-17(9-7-16)22-19-12-21-25-20(24-19)23-18-10-5-14(3)11-15(18)4/h5-13H,1-4H3,(H2,22,23,24,25). The summed E-state index contributed by atoms with van der Waals surface area (Å²) in [5, 5.41) is 14.6. The Kier molecular flexibility index (Phi) is 4.93. The molecule has 0 saturated carbocycles. The molecule has 0 aliphatic carbocycles. The summed E-state index contributed by atoms with van der Waals surface area (Å²) in [4.78, 5) is 4.49. The molecule has 3 rings (SSSR count). The van der Waals surface area contributed by atoms with Crippen molar-refractivity contribution in [2.45, 2.75) is 33.6 Å². The van der Waals surface area contributed by atoms with Crippen LogP contribution in [0.5, 0.6) is 0 Å². The van der Waals surface area contributed by atoms with Crippen LogP contribution in [-0.2, 0) is 0 Å². The number of hydrogen-bond acceptors (Lipinski definition) is 5. The van der Waals surface area contributed by atoms with Crippen molar-refractivity contribution in [2.75, 3.05) is 10.6 Å². The summed E-state index contributed by atoms with van der Waals surface area (Å²) >= 11 is 0. The van der Waals surface area contributed by atoms with Crippen LogP contribution in [0.3, 0.4) is 0 Å². The summed E-state index contributed by atoms with van der Waals surface area (Å²) in [6.07, 6.45) is 1.61. The predicted molar refractivity (Wildman–Crippen MR) is 103 cm³/mol. The number of nitrogens with one attached hydrogen (secondary N) is 2. The van der Waals surface area contributed by atoms with Crippen molar-refractivity contribution in [1.82, 2.24) is 15.2 Å². The van der Waals surface area contributed by atoms with Crippen LogP contribution < -0.4 is 10.6 Å². The van der Waals surface area contributed by atoms with Gasteiger partial charge in [-0.1, -0.05) is 43.7 Å². The molecular weight excluding hydrogens is 310 g/mol. The number of nitrogens with zero attached hydrogens (tertiary/aromatic N) is 3. The molecule has 0 fully saturated rings. The molecular formula is C20H23N5. The van der Waals surface area contributed by atoms with Gasteiger partial charge < -0.3 is 10.6 Å². The van der Waals surface area contributed by atoms with Crippen LogP contribution in [0, 0.1) is 13.8 Å². The highest BCUT2D eigenvalue weighted by Crippen LogP contribution is 2.22. The van der Waals surface area contributed by atoms with Gasteiger partial charge in [-0.05, 0) is 49.1 Å². The minimum atomic E-state index is 0.468. The first-order valence-corrected chi connectivity index (χ1v) is 8.42. The van der Waals surface area contributed by atoms with Crippen LogP contribution in [0.1, 0.15) is 36.5 Å². The minimum absolute atomic E-state index is 0.468. The Bertz CT molecular complexity index is 856. The van der Waals surface area contributed by atoms with Crippen LogP contribution in [0.4, 0.5) is 23.1 Å². The molecule has 0 saturated heterocycles. The van der Waals surface area contributed by atoms with Gasteiger partial charge in [0.05, 0.1) is 6.20 Å². The zero-order valence-electron chi connectivity index (χ0n) is 15.0. The third-order valence-electron chi connectivity index (χ3n) is 4.04. The van der Waals surface area contributed by atoms with Crippen molar-refractivity contribution < 1.29 is 0 Å². The first-order valence-electron chi connectivity index (χ1n) is 8.42. The molecule has 0 atom stereocenters. The molecule has 5 nitrogen and oxygen atoms in total. The molecule has 0 radical (unpaired) electrons. The van der Waals surface area contributed by atoms with Crippen molar-refractivity contribution in [3.8, 4) is 0 Å². The van der Waals surface area contributed by atoms with E-state index in [0.717, 1.165) is 16.9 Å². The van der Waals surface area contributed by atoms with Crippen molar-refractivity contribution in [3.63, 3.8) is 0 Å². The molecule has 5 heteroatoms. The van der Waals surface area contributed by atoms with Gasteiger partial charge in [0.15, 0.2) is 5.82 Å². The smallest absolute Gasteiger partial charge is 0.249 e. The average molecular weight is 333 g/mol. The van der Waals surface area contributed by atoms with Crippen LogP contribution in [0.25, 0.3) is 0 Å². The SMILES string of the molecule is Cc1ccc(Nc2nncc(Nc3ccc(C(C)C)cc3)n2)c(C)c1. The molecule has 0 aliphatic rings. The average Bonchev–Trinajstić information content (AvgIpc) is 2.58. The zero-order chi connectivity index (χ0) is 17.8. The third kappa shape index (κ3) is 4.32. The highest BCUT2D eigenvalue weighted by atomic mass is 15.3. The second-order valence-electron chi connectivity index (χ2n) is 6.51. The Morgan fingerprint density at radius 2 is 1.68 bits per heavy atom. The van der Waals surface area contributed by atoms with Gasteiger partial charge in [-0.2, -0.15) is 10.1 Å². The van der Waals surface area contributed by atoms with Gasteiger partial charge in [0.2, 0.25) is 5.95 Å². The van der Waals surface area contributed by atoms with Crippen LogP contribution in [-0.4, -0.2) is 15.2 Å². The van der Waals surface area contributed by atoms with Crippen LogP contribution in [0.2, 0.25) is 0 Å². The Morgan fingerprint density at radius 3 is 2.36 bits per heavy atom.